The Labute approximate surface area is 135 Å². The number of aromatic nitrogens is 1. The van der Waals surface area contributed by atoms with Crippen molar-refractivity contribution in [2.24, 2.45) is 0 Å². The molecule has 0 spiro atoms. The molecule has 0 saturated heterocycles. The smallest absolute Gasteiger partial charge is 0.185 e. The van der Waals surface area contributed by atoms with Gasteiger partial charge in [-0.15, -0.1) is 11.3 Å². The Morgan fingerprint density at radius 2 is 1.95 bits per heavy atom. The number of hydrogen-bond acceptors (Lipinski definition) is 4. The lowest BCUT2D eigenvalue weighted by atomic mass is 10.0. The van der Waals surface area contributed by atoms with E-state index < -0.39 is 0 Å². The van der Waals surface area contributed by atoms with Gasteiger partial charge in [-0.2, -0.15) is 0 Å². The fourth-order valence-corrected chi connectivity index (χ4v) is 3.16. The standard InChI is InChI=1S/C17H33N3S/c1-8-10-11-20(7)16-19-15(13(3)9-2)14(21-16)12-18-17(4,5)6/h13,18H,8-12H2,1-7H3. The average Bonchev–Trinajstić information content (AvgIpc) is 2.85. The first kappa shape index (κ1) is 18.4. The second-order valence-electron chi connectivity index (χ2n) is 6.99. The molecule has 0 radical (unpaired) electrons. The maximum Gasteiger partial charge on any atom is 0.185 e. The molecule has 0 saturated carbocycles. The lowest BCUT2D eigenvalue weighted by molar-refractivity contribution is 0.424. The van der Waals surface area contributed by atoms with E-state index in [1.807, 2.05) is 11.3 Å². The number of thiazole rings is 1. The van der Waals surface area contributed by atoms with Gasteiger partial charge in [-0.25, -0.2) is 4.98 Å². The molecule has 21 heavy (non-hydrogen) atoms. The number of hydrogen-bond donors (Lipinski definition) is 1. The first-order chi connectivity index (χ1) is 9.78. The minimum atomic E-state index is 0.144. The molecule has 0 aliphatic carbocycles. The van der Waals surface area contributed by atoms with Gasteiger partial charge in [0.2, 0.25) is 0 Å². The van der Waals surface area contributed by atoms with Crippen LogP contribution in [0, 0.1) is 0 Å². The molecule has 1 aromatic rings. The van der Waals surface area contributed by atoms with E-state index in [2.05, 4.69) is 58.8 Å². The molecule has 0 aliphatic heterocycles. The van der Waals surface area contributed by atoms with Crippen molar-refractivity contribution in [1.29, 1.82) is 0 Å². The van der Waals surface area contributed by atoms with Crippen LogP contribution in [0.25, 0.3) is 0 Å². The molecule has 0 amide bonds. The molecule has 4 heteroatoms. The van der Waals surface area contributed by atoms with Crippen molar-refractivity contribution < 1.29 is 0 Å². The van der Waals surface area contributed by atoms with Crippen molar-refractivity contribution in [3.05, 3.63) is 10.6 Å². The molecule has 3 nitrogen and oxygen atoms in total. The van der Waals surface area contributed by atoms with Crippen LogP contribution in [0.15, 0.2) is 0 Å². The van der Waals surface area contributed by atoms with Crippen molar-refractivity contribution in [1.82, 2.24) is 10.3 Å². The molecule has 122 valence electrons. The Morgan fingerprint density at radius 3 is 2.48 bits per heavy atom. The topological polar surface area (TPSA) is 28.2 Å². The second kappa shape index (κ2) is 8.14. The summed E-state index contributed by atoms with van der Waals surface area (Å²) in [6.45, 7) is 15.4. The molecule has 1 unspecified atom stereocenters. The first-order valence-corrected chi connectivity index (χ1v) is 9.05. The van der Waals surface area contributed by atoms with Gasteiger partial charge in [0.15, 0.2) is 5.13 Å². The first-order valence-electron chi connectivity index (χ1n) is 8.24. The molecule has 1 rings (SSSR count). The van der Waals surface area contributed by atoms with Crippen LogP contribution in [0.4, 0.5) is 5.13 Å². The highest BCUT2D eigenvalue weighted by Crippen LogP contribution is 2.32. The van der Waals surface area contributed by atoms with Crippen LogP contribution >= 0.6 is 11.3 Å². The van der Waals surface area contributed by atoms with Gasteiger partial charge in [-0.3, -0.25) is 0 Å². The molecular formula is C17H33N3S. The fourth-order valence-electron chi connectivity index (χ4n) is 2.06. The molecule has 0 aromatic carbocycles. The summed E-state index contributed by atoms with van der Waals surface area (Å²) in [5.74, 6) is 0.534. The van der Waals surface area contributed by atoms with E-state index >= 15 is 0 Å². The monoisotopic (exact) mass is 311 g/mol. The molecule has 1 atom stereocenters. The Hall–Kier alpha value is -0.610. The summed E-state index contributed by atoms with van der Waals surface area (Å²) in [5.41, 5.74) is 1.43. The van der Waals surface area contributed by atoms with E-state index in [0.29, 0.717) is 5.92 Å². The van der Waals surface area contributed by atoms with Gasteiger partial charge < -0.3 is 10.2 Å². The summed E-state index contributed by atoms with van der Waals surface area (Å²) >= 11 is 1.85. The largest absolute Gasteiger partial charge is 0.351 e. The Bertz CT molecular complexity index is 420. The third-order valence-corrected chi connectivity index (χ3v) is 4.93. The van der Waals surface area contributed by atoms with Crippen molar-refractivity contribution in [3.63, 3.8) is 0 Å². The summed E-state index contributed by atoms with van der Waals surface area (Å²) < 4.78 is 0. The Balaban J connectivity index is 2.90. The number of rotatable bonds is 8. The zero-order chi connectivity index (χ0) is 16.0. The normalized spacial score (nSPS) is 13.5. The zero-order valence-corrected chi connectivity index (χ0v) is 15.7. The van der Waals surface area contributed by atoms with Crippen LogP contribution in [-0.2, 0) is 6.54 Å². The summed E-state index contributed by atoms with van der Waals surface area (Å²) in [4.78, 5) is 8.65. The molecule has 1 N–H and O–H groups in total. The van der Waals surface area contributed by atoms with Gasteiger partial charge in [0, 0.05) is 30.6 Å². The molecule has 0 aliphatic rings. The summed E-state index contributed by atoms with van der Waals surface area (Å²) in [6, 6.07) is 0. The van der Waals surface area contributed by atoms with E-state index in [9.17, 15) is 0 Å². The summed E-state index contributed by atoms with van der Waals surface area (Å²) in [5, 5.41) is 4.78. The third-order valence-electron chi connectivity index (χ3n) is 3.75. The minimum absolute atomic E-state index is 0.144. The van der Waals surface area contributed by atoms with Crippen molar-refractivity contribution in [2.45, 2.75) is 78.8 Å². The average molecular weight is 312 g/mol. The quantitative estimate of drug-likeness (QED) is 0.749. The fraction of sp³-hybridized carbons (Fsp3) is 0.824. The van der Waals surface area contributed by atoms with Crippen LogP contribution in [-0.4, -0.2) is 24.1 Å². The number of nitrogens with one attached hydrogen (secondary N) is 1. The molecule has 0 fully saturated rings. The van der Waals surface area contributed by atoms with Crippen LogP contribution in [0.3, 0.4) is 0 Å². The Kier molecular flexibility index (Phi) is 7.14. The second-order valence-corrected chi connectivity index (χ2v) is 8.05. The number of anilines is 1. The van der Waals surface area contributed by atoms with Crippen LogP contribution in [0.2, 0.25) is 0 Å². The van der Waals surface area contributed by atoms with Crippen molar-refractivity contribution in [3.8, 4) is 0 Å². The summed E-state index contributed by atoms with van der Waals surface area (Å²) in [6.07, 6.45) is 3.60. The van der Waals surface area contributed by atoms with Crippen LogP contribution in [0.1, 0.15) is 77.3 Å². The van der Waals surface area contributed by atoms with Gasteiger partial charge >= 0.3 is 0 Å². The number of nitrogens with zero attached hydrogens (tertiary/aromatic N) is 2. The van der Waals surface area contributed by atoms with Gasteiger partial charge in [-0.05, 0) is 39.5 Å². The maximum absolute atomic E-state index is 4.94. The molecule has 1 heterocycles. The van der Waals surface area contributed by atoms with Gasteiger partial charge in [0.05, 0.1) is 5.69 Å². The molecular weight excluding hydrogens is 278 g/mol. The van der Waals surface area contributed by atoms with Crippen molar-refractivity contribution >= 4 is 16.5 Å². The lowest BCUT2D eigenvalue weighted by Crippen LogP contribution is -2.35. The minimum Gasteiger partial charge on any atom is -0.351 e. The van der Waals surface area contributed by atoms with Crippen LogP contribution < -0.4 is 10.2 Å². The van der Waals surface area contributed by atoms with Gasteiger partial charge in [0.25, 0.3) is 0 Å². The highest BCUT2D eigenvalue weighted by atomic mass is 32.1. The zero-order valence-electron chi connectivity index (χ0n) is 14.9. The van der Waals surface area contributed by atoms with Gasteiger partial charge in [-0.1, -0.05) is 27.2 Å². The van der Waals surface area contributed by atoms with E-state index in [1.165, 1.54) is 28.5 Å². The van der Waals surface area contributed by atoms with E-state index in [-0.39, 0.29) is 5.54 Å². The maximum atomic E-state index is 4.94. The van der Waals surface area contributed by atoms with Gasteiger partial charge in [0.1, 0.15) is 0 Å². The van der Waals surface area contributed by atoms with E-state index in [0.717, 1.165) is 19.5 Å². The van der Waals surface area contributed by atoms with Crippen LogP contribution in [0.5, 0.6) is 0 Å². The predicted octanol–water partition coefficient (Wildman–Crippen LogP) is 4.78. The Morgan fingerprint density at radius 1 is 1.29 bits per heavy atom. The number of unbranched alkanes of at least 4 members (excludes halogenated alkanes) is 1. The SMILES string of the molecule is CCCCN(C)c1nc(C(C)CC)c(CNC(C)(C)C)s1. The highest BCUT2D eigenvalue weighted by Gasteiger charge is 2.19. The van der Waals surface area contributed by atoms with E-state index in [1.54, 1.807) is 0 Å². The third kappa shape index (κ3) is 5.95. The van der Waals surface area contributed by atoms with E-state index in [4.69, 9.17) is 4.98 Å². The predicted molar refractivity (Wildman–Crippen MR) is 95.6 cm³/mol. The van der Waals surface area contributed by atoms with Crippen molar-refractivity contribution in [2.75, 3.05) is 18.5 Å². The lowest BCUT2D eigenvalue weighted by Gasteiger charge is -2.20. The molecule has 1 aromatic heterocycles. The molecule has 0 bridgehead atoms. The highest BCUT2D eigenvalue weighted by molar-refractivity contribution is 7.15. The summed E-state index contributed by atoms with van der Waals surface area (Å²) in [7, 11) is 2.16.